The maximum absolute atomic E-state index is 14.1. The topological polar surface area (TPSA) is 32.8 Å². The molecule has 3 heterocycles. The number of ether oxygens (including phenoxy) is 1. The van der Waals surface area contributed by atoms with Gasteiger partial charge in [-0.05, 0) is 32.8 Å². The lowest BCUT2D eigenvalue weighted by molar-refractivity contribution is -0.143. The van der Waals surface area contributed by atoms with Gasteiger partial charge in [-0.2, -0.15) is 13.2 Å². The van der Waals surface area contributed by atoms with E-state index in [-0.39, 0.29) is 12.3 Å². The van der Waals surface area contributed by atoms with Crippen molar-refractivity contribution in [3.05, 3.63) is 22.5 Å². The van der Waals surface area contributed by atoms with Gasteiger partial charge in [0, 0.05) is 17.5 Å². The predicted octanol–water partition coefficient (Wildman–Crippen LogP) is 4.15. The molecule has 0 aliphatic carbocycles. The van der Waals surface area contributed by atoms with Crippen molar-refractivity contribution in [2.75, 3.05) is 6.61 Å². The molecule has 0 aromatic heterocycles. The summed E-state index contributed by atoms with van der Waals surface area (Å²) in [5.74, 6) is -0.896. The van der Waals surface area contributed by atoms with Gasteiger partial charge >= 0.3 is 12.1 Å². The van der Waals surface area contributed by atoms with Gasteiger partial charge in [-0.15, -0.1) is 0 Å². The molecule has 3 aliphatic rings. The van der Waals surface area contributed by atoms with E-state index in [1.807, 2.05) is 34.6 Å². The first-order chi connectivity index (χ1) is 11.4. The lowest BCUT2D eigenvalue weighted by Gasteiger charge is -2.38. The zero-order chi connectivity index (χ0) is 18.9. The first-order valence-electron chi connectivity index (χ1n) is 8.70. The van der Waals surface area contributed by atoms with E-state index in [0.29, 0.717) is 12.8 Å². The van der Waals surface area contributed by atoms with Crippen LogP contribution in [0.4, 0.5) is 13.2 Å². The molecule has 0 spiro atoms. The fraction of sp³-hybridized carbons (Fsp3) is 0.722. The number of alkyl halides is 3. The summed E-state index contributed by atoms with van der Waals surface area (Å²) in [7, 11) is 0. The highest BCUT2D eigenvalue weighted by molar-refractivity contribution is 5.90. The lowest BCUT2D eigenvalue weighted by atomic mass is 9.75. The minimum atomic E-state index is -4.60. The molecule has 7 heteroatoms. The first-order valence-corrected chi connectivity index (χ1v) is 8.70. The van der Waals surface area contributed by atoms with Crippen LogP contribution in [-0.2, 0) is 9.53 Å². The summed E-state index contributed by atoms with van der Waals surface area (Å²) in [4.78, 5) is 12.5. The highest BCUT2D eigenvalue weighted by atomic mass is 19.4. The van der Waals surface area contributed by atoms with E-state index in [2.05, 4.69) is 0 Å². The summed E-state index contributed by atoms with van der Waals surface area (Å²) in [6, 6.07) is -0.918. The Hall–Kier alpha value is -1.66. The Morgan fingerprint density at radius 1 is 1.24 bits per heavy atom. The molecule has 0 N–H and O–H groups in total. The van der Waals surface area contributed by atoms with Crippen LogP contribution in [0.15, 0.2) is 22.5 Å². The molecule has 1 saturated heterocycles. The van der Waals surface area contributed by atoms with Crippen LogP contribution in [0, 0.1) is 5.41 Å². The van der Waals surface area contributed by atoms with E-state index in [9.17, 15) is 18.0 Å². The molecule has 3 rings (SSSR count). The molecule has 1 fully saturated rings. The van der Waals surface area contributed by atoms with Gasteiger partial charge in [0.2, 0.25) is 0 Å². The van der Waals surface area contributed by atoms with Crippen LogP contribution in [-0.4, -0.2) is 40.4 Å². The van der Waals surface area contributed by atoms with Crippen LogP contribution in [0.3, 0.4) is 0 Å². The van der Waals surface area contributed by atoms with Crippen molar-refractivity contribution in [1.29, 1.82) is 0 Å². The maximum atomic E-state index is 14.1. The van der Waals surface area contributed by atoms with Gasteiger partial charge in [-0.3, -0.25) is 10.0 Å². The summed E-state index contributed by atoms with van der Waals surface area (Å²) < 4.78 is 47.2. The second-order valence-corrected chi connectivity index (χ2v) is 8.03. The molecule has 0 radical (unpaired) electrons. The zero-order valence-corrected chi connectivity index (χ0v) is 15.5. The molecule has 0 bridgehead atoms. The van der Waals surface area contributed by atoms with E-state index in [0.717, 1.165) is 11.3 Å². The maximum Gasteiger partial charge on any atom is 0.417 e. The van der Waals surface area contributed by atoms with Gasteiger partial charge in [0.25, 0.3) is 0 Å². The molecule has 4 nitrogen and oxygen atoms in total. The number of esters is 1. The molecule has 140 valence electrons. The SMILES string of the molecule is CCOC(=O)C1=C(C(F)(F)F)C2N3C(=C(CC)C2(C)C)CC(C)(C)N13. The van der Waals surface area contributed by atoms with Gasteiger partial charge in [0.05, 0.1) is 23.8 Å². The van der Waals surface area contributed by atoms with Crippen molar-refractivity contribution in [2.24, 2.45) is 5.41 Å². The molecule has 0 aromatic carbocycles. The van der Waals surface area contributed by atoms with Crippen molar-refractivity contribution < 1.29 is 22.7 Å². The largest absolute Gasteiger partial charge is 0.461 e. The molecule has 1 unspecified atom stereocenters. The monoisotopic (exact) mass is 358 g/mol. The predicted molar refractivity (Wildman–Crippen MR) is 87.0 cm³/mol. The van der Waals surface area contributed by atoms with Crippen LogP contribution in [0.25, 0.3) is 0 Å². The number of rotatable bonds is 3. The van der Waals surface area contributed by atoms with Gasteiger partial charge in [-0.25, -0.2) is 4.79 Å². The van der Waals surface area contributed by atoms with Gasteiger partial charge < -0.3 is 4.74 Å². The van der Waals surface area contributed by atoms with E-state index in [1.54, 1.807) is 11.9 Å². The number of carbonyl (C=O) groups is 1. The standard InChI is InChI=1S/C18H25F3N2O2/c1-7-10-11-9-16(3,4)23-13(15(24)25-8-2)12(18(19,20)21)14(22(11)23)17(10,5)6/h14H,7-9H2,1-6H3. The average Bonchev–Trinajstić information content (AvgIpc) is 3.00. The Balaban J connectivity index is 2.29. The second kappa shape index (κ2) is 5.17. The molecule has 1 atom stereocenters. The van der Waals surface area contributed by atoms with Crippen LogP contribution < -0.4 is 0 Å². The third kappa shape index (κ3) is 2.23. The summed E-state index contributed by atoms with van der Waals surface area (Å²) in [5, 5.41) is 3.26. The van der Waals surface area contributed by atoms with Gasteiger partial charge in [0.15, 0.2) is 5.70 Å². The zero-order valence-electron chi connectivity index (χ0n) is 15.5. The second-order valence-electron chi connectivity index (χ2n) is 8.03. The third-order valence-electron chi connectivity index (χ3n) is 5.59. The minimum absolute atomic E-state index is 0.0404. The number of hydrazine groups is 1. The Morgan fingerprint density at radius 3 is 2.32 bits per heavy atom. The number of hydrogen-bond donors (Lipinski definition) is 0. The van der Waals surface area contributed by atoms with Crippen molar-refractivity contribution in [3.8, 4) is 0 Å². The molecule has 0 aromatic rings. The third-order valence-corrected chi connectivity index (χ3v) is 5.59. The lowest BCUT2D eigenvalue weighted by Crippen LogP contribution is -2.47. The molecular formula is C18H25F3N2O2. The van der Waals surface area contributed by atoms with Crippen LogP contribution in [0.5, 0.6) is 0 Å². The average molecular weight is 358 g/mol. The van der Waals surface area contributed by atoms with E-state index >= 15 is 0 Å². The fourth-order valence-electron chi connectivity index (χ4n) is 4.82. The molecule has 0 saturated carbocycles. The quantitative estimate of drug-likeness (QED) is 0.710. The summed E-state index contributed by atoms with van der Waals surface area (Å²) >= 11 is 0. The van der Waals surface area contributed by atoms with Gasteiger partial charge in [0.1, 0.15) is 0 Å². The smallest absolute Gasteiger partial charge is 0.417 e. The molecule has 3 aliphatic heterocycles. The molecular weight excluding hydrogens is 333 g/mol. The Kier molecular flexibility index (Phi) is 3.75. The van der Waals surface area contributed by atoms with Crippen molar-refractivity contribution in [3.63, 3.8) is 0 Å². The van der Waals surface area contributed by atoms with Crippen LogP contribution in [0.1, 0.15) is 54.4 Å². The van der Waals surface area contributed by atoms with E-state index < -0.39 is 34.7 Å². The highest BCUT2D eigenvalue weighted by Crippen LogP contribution is 2.62. The Morgan fingerprint density at radius 2 is 1.84 bits per heavy atom. The van der Waals surface area contributed by atoms with Crippen molar-refractivity contribution in [1.82, 2.24) is 10.0 Å². The summed E-state index contributed by atoms with van der Waals surface area (Å²) in [6.07, 6.45) is -3.29. The van der Waals surface area contributed by atoms with E-state index in [1.165, 1.54) is 5.01 Å². The number of halogens is 3. The van der Waals surface area contributed by atoms with Crippen molar-refractivity contribution >= 4 is 5.97 Å². The van der Waals surface area contributed by atoms with Crippen LogP contribution in [0.2, 0.25) is 0 Å². The molecule has 0 amide bonds. The minimum Gasteiger partial charge on any atom is -0.461 e. The normalized spacial score (nSPS) is 26.7. The fourth-order valence-corrected chi connectivity index (χ4v) is 4.82. The number of carbonyl (C=O) groups excluding carboxylic acids is 1. The van der Waals surface area contributed by atoms with Crippen LogP contribution >= 0.6 is 0 Å². The number of hydrogen-bond acceptors (Lipinski definition) is 4. The number of nitrogens with zero attached hydrogens (tertiary/aromatic N) is 2. The highest BCUT2D eigenvalue weighted by Gasteiger charge is 2.67. The summed E-state index contributed by atoms with van der Waals surface area (Å²) in [5.41, 5.74) is -0.467. The Bertz CT molecular complexity index is 689. The Labute approximate surface area is 146 Å². The first kappa shape index (κ1) is 18.1. The van der Waals surface area contributed by atoms with Gasteiger partial charge in [-0.1, -0.05) is 20.8 Å². The molecule has 25 heavy (non-hydrogen) atoms. The summed E-state index contributed by atoms with van der Waals surface area (Å²) in [6.45, 7) is 11.0. The van der Waals surface area contributed by atoms with E-state index in [4.69, 9.17) is 4.74 Å². The van der Waals surface area contributed by atoms with Crippen molar-refractivity contribution in [2.45, 2.75) is 72.1 Å².